The summed E-state index contributed by atoms with van der Waals surface area (Å²) in [5.41, 5.74) is 4.34. The van der Waals surface area contributed by atoms with Gasteiger partial charge in [-0.05, 0) is 49.6 Å². The Hall–Kier alpha value is -3.32. The van der Waals surface area contributed by atoms with E-state index in [4.69, 9.17) is 9.72 Å². The second kappa shape index (κ2) is 9.04. The number of fused-ring (bicyclic) bond motifs is 1. The van der Waals surface area contributed by atoms with E-state index in [1.165, 1.54) is 6.42 Å². The number of hydrogen-bond acceptors (Lipinski definition) is 5. The van der Waals surface area contributed by atoms with Gasteiger partial charge in [-0.3, -0.25) is 14.6 Å². The van der Waals surface area contributed by atoms with Crippen LogP contribution in [-0.4, -0.2) is 71.0 Å². The van der Waals surface area contributed by atoms with Crippen molar-refractivity contribution in [3.8, 4) is 11.3 Å². The maximum Gasteiger partial charge on any atom is 0.254 e. The van der Waals surface area contributed by atoms with E-state index in [1.54, 1.807) is 6.20 Å². The first-order valence-corrected chi connectivity index (χ1v) is 11.2. The molecule has 0 saturated carbocycles. The molecule has 32 heavy (non-hydrogen) atoms. The van der Waals surface area contributed by atoms with Gasteiger partial charge in [0.1, 0.15) is 0 Å². The average Bonchev–Trinajstić information content (AvgIpc) is 2.88. The van der Waals surface area contributed by atoms with Gasteiger partial charge in [0.15, 0.2) is 0 Å². The van der Waals surface area contributed by atoms with E-state index >= 15 is 0 Å². The maximum absolute atomic E-state index is 12.9. The molecule has 2 aliphatic rings. The van der Waals surface area contributed by atoms with Gasteiger partial charge < -0.3 is 14.5 Å². The van der Waals surface area contributed by atoms with Gasteiger partial charge in [-0.1, -0.05) is 12.1 Å². The van der Waals surface area contributed by atoms with Crippen LogP contribution in [0.1, 0.15) is 40.0 Å². The van der Waals surface area contributed by atoms with Gasteiger partial charge in [0.05, 0.1) is 36.1 Å². The van der Waals surface area contributed by atoms with Crippen LogP contribution < -0.4 is 0 Å². The van der Waals surface area contributed by atoms with Crippen molar-refractivity contribution in [2.45, 2.75) is 19.3 Å². The van der Waals surface area contributed by atoms with Crippen molar-refractivity contribution in [1.82, 2.24) is 19.8 Å². The Bertz CT molecular complexity index is 1130. The quantitative estimate of drug-likeness (QED) is 0.637. The van der Waals surface area contributed by atoms with E-state index in [0.717, 1.165) is 37.0 Å². The molecule has 2 saturated heterocycles. The number of carbonyl (C=O) groups excluding carboxylic acids is 2. The number of ether oxygens (including phenoxy) is 1. The zero-order chi connectivity index (χ0) is 21.9. The SMILES string of the molecule is O=C(c1ccc2ncc(-c3ccc(C(=O)N4CCOCC4)cc3)nc2c1)N1CCCCC1. The van der Waals surface area contributed by atoms with Crippen LogP contribution in [0.4, 0.5) is 0 Å². The molecule has 0 unspecified atom stereocenters. The number of benzene rings is 2. The van der Waals surface area contributed by atoms with Gasteiger partial charge in [-0.15, -0.1) is 0 Å². The minimum atomic E-state index is 0.0188. The van der Waals surface area contributed by atoms with Crippen LogP contribution in [-0.2, 0) is 4.74 Å². The monoisotopic (exact) mass is 430 g/mol. The van der Waals surface area contributed by atoms with Crippen molar-refractivity contribution in [3.05, 3.63) is 59.8 Å². The zero-order valence-corrected chi connectivity index (χ0v) is 18.0. The van der Waals surface area contributed by atoms with Gasteiger partial charge in [-0.25, -0.2) is 4.98 Å². The maximum atomic E-state index is 12.9. The lowest BCUT2D eigenvalue weighted by molar-refractivity contribution is 0.0303. The number of aromatic nitrogens is 2. The molecule has 0 bridgehead atoms. The molecule has 1 aromatic heterocycles. The molecule has 2 aliphatic heterocycles. The van der Waals surface area contributed by atoms with Gasteiger partial charge in [0, 0.05) is 42.9 Å². The van der Waals surface area contributed by atoms with Crippen molar-refractivity contribution < 1.29 is 14.3 Å². The molecular weight excluding hydrogens is 404 g/mol. The summed E-state index contributed by atoms with van der Waals surface area (Å²) in [5, 5.41) is 0. The lowest BCUT2D eigenvalue weighted by Gasteiger charge is -2.26. The van der Waals surface area contributed by atoms with E-state index in [2.05, 4.69) is 4.98 Å². The van der Waals surface area contributed by atoms with Crippen molar-refractivity contribution in [2.24, 2.45) is 0 Å². The number of amides is 2. The number of likely N-dealkylation sites (tertiary alicyclic amines) is 1. The topological polar surface area (TPSA) is 75.6 Å². The molecule has 2 fully saturated rings. The van der Waals surface area contributed by atoms with Crippen molar-refractivity contribution in [2.75, 3.05) is 39.4 Å². The van der Waals surface area contributed by atoms with Crippen LogP contribution in [0.25, 0.3) is 22.3 Å². The molecule has 5 rings (SSSR count). The van der Waals surface area contributed by atoms with E-state index < -0.39 is 0 Å². The summed E-state index contributed by atoms with van der Waals surface area (Å²) >= 11 is 0. The summed E-state index contributed by atoms with van der Waals surface area (Å²) in [6, 6.07) is 13.0. The minimum Gasteiger partial charge on any atom is -0.378 e. The number of carbonyl (C=O) groups is 2. The predicted molar refractivity (Wildman–Crippen MR) is 121 cm³/mol. The molecule has 7 heteroatoms. The van der Waals surface area contributed by atoms with Crippen LogP contribution in [0.2, 0.25) is 0 Å². The van der Waals surface area contributed by atoms with E-state index in [-0.39, 0.29) is 11.8 Å². The van der Waals surface area contributed by atoms with Gasteiger partial charge in [0.25, 0.3) is 11.8 Å². The summed E-state index contributed by atoms with van der Waals surface area (Å²) < 4.78 is 5.32. The van der Waals surface area contributed by atoms with Crippen LogP contribution in [0.3, 0.4) is 0 Å². The molecule has 164 valence electrons. The third kappa shape index (κ3) is 4.21. The standard InChI is InChI=1S/C25H26N4O3/c30-24(29-12-14-32-15-13-29)19-6-4-18(5-7-19)23-17-26-21-9-8-20(16-22(21)27-23)25(31)28-10-2-1-3-11-28/h4-9,16-17H,1-3,10-15H2. The molecule has 0 spiro atoms. The second-order valence-electron chi connectivity index (χ2n) is 8.29. The number of hydrogen-bond donors (Lipinski definition) is 0. The first-order chi connectivity index (χ1) is 15.7. The summed E-state index contributed by atoms with van der Waals surface area (Å²) in [6.07, 6.45) is 5.04. The van der Waals surface area contributed by atoms with Crippen LogP contribution in [0.5, 0.6) is 0 Å². The van der Waals surface area contributed by atoms with Crippen LogP contribution >= 0.6 is 0 Å². The smallest absolute Gasteiger partial charge is 0.254 e. The molecule has 0 N–H and O–H groups in total. The third-order valence-corrected chi connectivity index (χ3v) is 6.16. The predicted octanol–water partition coefficient (Wildman–Crippen LogP) is 3.40. The van der Waals surface area contributed by atoms with Crippen molar-refractivity contribution in [1.29, 1.82) is 0 Å². The number of morpholine rings is 1. The summed E-state index contributed by atoms with van der Waals surface area (Å²) in [4.78, 5) is 38.5. The Kier molecular flexibility index (Phi) is 5.81. The fraction of sp³-hybridized carbons (Fsp3) is 0.360. The molecular formula is C25H26N4O3. The summed E-state index contributed by atoms with van der Waals surface area (Å²) in [5.74, 6) is 0.0788. The molecule has 7 nitrogen and oxygen atoms in total. The summed E-state index contributed by atoms with van der Waals surface area (Å²) in [6.45, 7) is 4.04. The van der Waals surface area contributed by atoms with Crippen LogP contribution in [0.15, 0.2) is 48.7 Å². The fourth-order valence-electron chi connectivity index (χ4n) is 4.30. The molecule has 0 aliphatic carbocycles. The highest BCUT2D eigenvalue weighted by atomic mass is 16.5. The van der Waals surface area contributed by atoms with Crippen molar-refractivity contribution >= 4 is 22.8 Å². The van der Waals surface area contributed by atoms with Gasteiger partial charge >= 0.3 is 0 Å². The highest BCUT2D eigenvalue weighted by Crippen LogP contribution is 2.22. The second-order valence-corrected chi connectivity index (χ2v) is 8.29. The molecule has 2 amide bonds. The molecule has 2 aromatic carbocycles. The lowest BCUT2D eigenvalue weighted by atomic mass is 10.1. The Balaban J connectivity index is 1.37. The Labute approximate surface area is 187 Å². The molecule has 0 radical (unpaired) electrons. The minimum absolute atomic E-state index is 0.0188. The first-order valence-electron chi connectivity index (χ1n) is 11.2. The zero-order valence-electron chi connectivity index (χ0n) is 18.0. The van der Waals surface area contributed by atoms with Crippen molar-refractivity contribution in [3.63, 3.8) is 0 Å². The Morgan fingerprint density at radius 2 is 1.41 bits per heavy atom. The first kappa shape index (κ1) is 20.6. The third-order valence-electron chi connectivity index (χ3n) is 6.16. The molecule has 0 atom stereocenters. The van der Waals surface area contributed by atoms with E-state index in [0.29, 0.717) is 48.6 Å². The average molecular weight is 431 g/mol. The number of nitrogens with zero attached hydrogens (tertiary/aromatic N) is 4. The van der Waals surface area contributed by atoms with E-state index in [1.807, 2.05) is 52.3 Å². The largest absolute Gasteiger partial charge is 0.378 e. The number of piperidine rings is 1. The van der Waals surface area contributed by atoms with Gasteiger partial charge in [-0.2, -0.15) is 0 Å². The molecule has 3 heterocycles. The molecule has 3 aromatic rings. The number of rotatable bonds is 3. The normalized spacial score (nSPS) is 16.9. The Morgan fingerprint density at radius 1 is 0.750 bits per heavy atom. The summed E-state index contributed by atoms with van der Waals surface area (Å²) in [7, 11) is 0. The van der Waals surface area contributed by atoms with Gasteiger partial charge in [0.2, 0.25) is 0 Å². The van der Waals surface area contributed by atoms with E-state index in [9.17, 15) is 9.59 Å². The van der Waals surface area contributed by atoms with Crippen LogP contribution in [0, 0.1) is 0 Å². The Morgan fingerprint density at radius 3 is 2.16 bits per heavy atom. The lowest BCUT2D eigenvalue weighted by Crippen LogP contribution is -2.40. The fourth-order valence-corrected chi connectivity index (χ4v) is 4.30. The highest BCUT2D eigenvalue weighted by Gasteiger charge is 2.20. The highest BCUT2D eigenvalue weighted by molar-refractivity contribution is 5.97.